The maximum Gasteiger partial charge on any atom is 0.401 e. The quantitative estimate of drug-likeness (QED) is 0.791. The Kier molecular flexibility index (Phi) is 5.91. The van der Waals surface area contributed by atoms with E-state index in [-0.39, 0.29) is 12.6 Å². The Morgan fingerprint density at radius 3 is 2.52 bits per heavy atom. The lowest BCUT2D eigenvalue weighted by atomic mass is 9.78. The van der Waals surface area contributed by atoms with Crippen LogP contribution in [0.25, 0.3) is 0 Å². The van der Waals surface area contributed by atoms with Crippen molar-refractivity contribution in [3.8, 4) is 0 Å². The first kappa shape index (κ1) is 17.0. The van der Waals surface area contributed by atoms with Gasteiger partial charge in [-0.3, -0.25) is 4.90 Å². The van der Waals surface area contributed by atoms with Crippen LogP contribution in [0.15, 0.2) is 0 Å². The summed E-state index contributed by atoms with van der Waals surface area (Å²) in [5.41, 5.74) is 0. The summed E-state index contributed by atoms with van der Waals surface area (Å²) in [7, 11) is 0. The number of alkyl halides is 3. The molecular formula is C15H27F3N2O. The van der Waals surface area contributed by atoms with Crippen molar-refractivity contribution in [3.05, 3.63) is 0 Å². The first-order valence-electron chi connectivity index (χ1n) is 8.04. The minimum absolute atomic E-state index is 0.0862. The molecule has 6 heteroatoms. The maximum absolute atomic E-state index is 12.4. The van der Waals surface area contributed by atoms with Gasteiger partial charge in [-0.25, -0.2) is 0 Å². The summed E-state index contributed by atoms with van der Waals surface area (Å²) in [5, 5.41) is 11.7. The highest BCUT2D eigenvalue weighted by atomic mass is 19.4. The van der Waals surface area contributed by atoms with Gasteiger partial charge in [0, 0.05) is 31.8 Å². The normalized spacial score (nSPS) is 34.7. The second kappa shape index (κ2) is 7.29. The van der Waals surface area contributed by atoms with Crippen LogP contribution in [0.3, 0.4) is 0 Å². The number of nitrogens with zero attached hydrogens (tertiary/aromatic N) is 1. The Morgan fingerprint density at radius 1 is 1.24 bits per heavy atom. The third kappa shape index (κ3) is 5.11. The molecule has 1 saturated heterocycles. The number of aliphatic hydroxyl groups is 1. The van der Waals surface area contributed by atoms with Crippen molar-refractivity contribution in [1.82, 2.24) is 10.2 Å². The van der Waals surface area contributed by atoms with Crippen LogP contribution in [0.2, 0.25) is 0 Å². The molecule has 4 unspecified atom stereocenters. The first-order chi connectivity index (χ1) is 9.89. The predicted octanol–water partition coefficient (Wildman–Crippen LogP) is 2.40. The number of piperidine rings is 1. The van der Waals surface area contributed by atoms with Crippen LogP contribution in [0.1, 0.15) is 39.0 Å². The van der Waals surface area contributed by atoms with Crippen molar-refractivity contribution < 1.29 is 18.3 Å². The van der Waals surface area contributed by atoms with Gasteiger partial charge in [0.25, 0.3) is 0 Å². The standard InChI is InChI=1S/C15H27F3N2O/c1-11-4-5-14(11)20-8-12(3-2-6-21)7-13(9-20)19-10-15(16,17)18/h11-14,19,21H,2-10H2,1H3. The molecule has 124 valence electrons. The predicted molar refractivity (Wildman–Crippen MR) is 76.0 cm³/mol. The second-order valence-corrected chi connectivity index (χ2v) is 6.74. The molecule has 1 aliphatic carbocycles. The summed E-state index contributed by atoms with van der Waals surface area (Å²) in [4.78, 5) is 2.38. The zero-order valence-corrected chi connectivity index (χ0v) is 12.7. The lowest BCUT2D eigenvalue weighted by molar-refractivity contribution is -0.127. The molecule has 0 spiro atoms. The van der Waals surface area contributed by atoms with E-state index in [1.807, 2.05) is 0 Å². The smallest absolute Gasteiger partial charge is 0.396 e. The molecule has 1 aliphatic heterocycles. The fourth-order valence-corrected chi connectivity index (χ4v) is 3.70. The van der Waals surface area contributed by atoms with Gasteiger partial charge in [-0.15, -0.1) is 0 Å². The van der Waals surface area contributed by atoms with E-state index in [0.29, 0.717) is 17.9 Å². The van der Waals surface area contributed by atoms with E-state index in [4.69, 9.17) is 5.11 Å². The lowest BCUT2D eigenvalue weighted by Crippen LogP contribution is -2.57. The van der Waals surface area contributed by atoms with Crippen molar-refractivity contribution in [2.45, 2.75) is 57.3 Å². The molecule has 2 aliphatic rings. The van der Waals surface area contributed by atoms with Crippen LogP contribution in [-0.2, 0) is 0 Å². The largest absolute Gasteiger partial charge is 0.401 e. The number of hydrogen-bond donors (Lipinski definition) is 2. The molecule has 0 aromatic heterocycles. The summed E-state index contributed by atoms with van der Waals surface area (Å²) < 4.78 is 37.2. The fourth-order valence-electron chi connectivity index (χ4n) is 3.70. The Labute approximate surface area is 124 Å². The van der Waals surface area contributed by atoms with E-state index in [2.05, 4.69) is 17.1 Å². The number of hydrogen-bond acceptors (Lipinski definition) is 3. The van der Waals surface area contributed by atoms with Gasteiger partial charge in [0.05, 0.1) is 6.54 Å². The molecule has 21 heavy (non-hydrogen) atoms. The van der Waals surface area contributed by atoms with Gasteiger partial charge in [-0.05, 0) is 43.9 Å². The topological polar surface area (TPSA) is 35.5 Å². The molecule has 1 heterocycles. The first-order valence-corrected chi connectivity index (χ1v) is 8.04. The molecule has 0 aromatic carbocycles. The summed E-state index contributed by atoms with van der Waals surface area (Å²) in [6.45, 7) is 3.18. The van der Waals surface area contributed by atoms with Crippen LogP contribution in [0, 0.1) is 11.8 Å². The van der Waals surface area contributed by atoms with E-state index in [0.717, 1.165) is 32.4 Å². The zero-order chi connectivity index (χ0) is 15.5. The van der Waals surface area contributed by atoms with Crippen LogP contribution < -0.4 is 5.32 Å². The van der Waals surface area contributed by atoms with E-state index in [1.165, 1.54) is 12.8 Å². The average molecular weight is 308 g/mol. The minimum Gasteiger partial charge on any atom is -0.396 e. The summed E-state index contributed by atoms with van der Waals surface area (Å²) in [5.74, 6) is 1.05. The third-order valence-corrected chi connectivity index (χ3v) is 4.97. The molecule has 2 rings (SSSR count). The average Bonchev–Trinajstić information content (AvgIpc) is 2.40. The highest BCUT2D eigenvalue weighted by molar-refractivity contribution is 4.93. The second-order valence-electron chi connectivity index (χ2n) is 6.74. The number of halogens is 3. The van der Waals surface area contributed by atoms with Crippen molar-refractivity contribution in [2.75, 3.05) is 26.2 Å². The molecule has 2 N–H and O–H groups in total. The molecule has 0 amide bonds. The minimum atomic E-state index is -4.15. The van der Waals surface area contributed by atoms with Gasteiger partial charge >= 0.3 is 6.18 Å². The lowest BCUT2D eigenvalue weighted by Gasteiger charge is -2.48. The molecule has 0 aromatic rings. The van der Waals surface area contributed by atoms with E-state index in [9.17, 15) is 13.2 Å². The maximum atomic E-state index is 12.4. The molecule has 0 bridgehead atoms. The molecule has 3 nitrogen and oxygen atoms in total. The molecule has 1 saturated carbocycles. The number of rotatable bonds is 6. The highest BCUT2D eigenvalue weighted by Crippen LogP contribution is 2.35. The molecular weight excluding hydrogens is 281 g/mol. The van der Waals surface area contributed by atoms with Crippen molar-refractivity contribution in [1.29, 1.82) is 0 Å². The molecule has 4 atom stereocenters. The summed E-state index contributed by atoms with van der Waals surface area (Å²) in [6, 6.07) is 0.453. The number of aliphatic hydroxyl groups excluding tert-OH is 1. The monoisotopic (exact) mass is 308 g/mol. The van der Waals surface area contributed by atoms with Gasteiger partial charge in [0.1, 0.15) is 0 Å². The fraction of sp³-hybridized carbons (Fsp3) is 1.00. The Hall–Kier alpha value is -0.330. The Balaban J connectivity index is 1.89. The van der Waals surface area contributed by atoms with Gasteiger partial charge in [0.15, 0.2) is 0 Å². The van der Waals surface area contributed by atoms with E-state index < -0.39 is 12.7 Å². The van der Waals surface area contributed by atoms with Crippen molar-refractivity contribution >= 4 is 0 Å². The highest BCUT2D eigenvalue weighted by Gasteiger charge is 2.38. The van der Waals surface area contributed by atoms with Crippen molar-refractivity contribution in [2.24, 2.45) is 11.8 Å². The molecule has 0 radical (unpaired) electrons. The van der Waals surface area contributed by atoms with Crippen LogP contribution >= 0.6 is 0 Å². The van der Waals surface area contributed by atoms with Gasteiger partial charge in [0.2, 0.25) is 0 Å². The van der Waals surface area contributed by atoms with Gasteiger partial charge in [-0.1, -0.05) is 6.92 Å². The van der Waals surface area contributed by atoms with E-state index >= 15 is 0 Å². The number of nitrogens with one attached hydrogen (secondary N) is 1. The van der Waals surface area contributed by atoms with Crippen LogP contribution in [-0.4, -0.2) is 54.5 Å². The summed E-state index contributed by atoms with van der Waals surface area (Å²) in [6.07, 6.45) is 0.673. The summed E-state index contributed by atoms with van der Waals surface area (Å²) >= 11 is 0. The van der Waals surface area contributed by atoms with Crippen LogP contribution in [0.5, 0.6) is 0 Å². The van der Waals surface area contributed by atoms with Gasteiger partial charge < -0.3 is 10.4 Å². The number of likely N-dealkylation sites (tertiary alicyclic amines) is 1. The van der Waals surface area contributed by atoms with Gasteiger partial charge in [-0.2, -0.15) is 13.2 Å². The SMILES string of the molecule is CC1CCC1N1CC(CCCO)CC(NCC(F)(F)F)C1. The van der Waals surface area contributed by atoms with E-state index in [1.54, 1.807) is 0 Å². The third-order valence-electron chi connectivity index (χ3n) is 4.97. The molecule has 2 fully saturated rings. The Morgan fingerprint density at radius 2 is 2.00 bits per heavy atom. The Bertz CT molecular complexity index is 325. The zero-order valence-electron chi connectivity index (χ0n) is 12.7. The van der Waals surface area contributed by atoms with Crippen molar-refractivity contribution in [3.63, 3.8) is 0 Å². The van der Waals surface area contributed by atoms with Crippen LogP contribution in [0.4, 0.5) is 13.2 Å².